The van der Waals surface area contributed by atoms with Crippen molar-refractivity contribution in [3.8, 4) is 0 Å². The van der Waals surface area contributed by atoms with E-state index in [4.69, 9.17) is 18.0 Å². The minimum absolute atomic E-state index is 0.0753. The average Bonchev–Trinajstić information content (AvgIpc) is 3.36. The quantitative estimate of drug-likeness (QED) is 0.0725. The Morgan fingerprint density at radius 3 is 2.26 bits per heavy atom. The summed E-state index contributed by atoms with van der Waals surface area (Å²) >= 11 is 0. The van der Waals surface area contributed by atoms with Gasteiger partial charge in [-0.15, -0.1) is 0 Å². The summed E-state index contributed by atoms with van der Waals surface area (Å²) in [5.74, 6) is 0.364. The van der Waals surface area contributed by atoms with Crippen LogP contribution in [0.1, 0.15) is 72.0 Å². The molecule has 6 nitrogen and oxygen atoms in total. The number of Topliss-reactive ketones (excluding diaryl/α,β-unsaturated/α-hetero) is 1. The fraction of sp³-hybridized carbons (Fsp3) is 0.526. The Morgan fingerprint density at radius 1 is 1.04 bits per heavy atom. The second kappa shape index (κ2) is 17.5. The van der Waals surface area contributed by atoms with E-state index in [1.807, 2.05) is 70.2 Å². The first kappa shape index (κ1) is 39.6. The van der Waals surface area contributed by atoms with Crippen molar-refractivity contribution in [3.63, 3.8) is 0 Å². The van der Waals surface area contributed by atoms with Gasteiger partial charge in [0.05, 0.1) is 25.4 Å². The second-order valence-corrected chi connectivity index (χ2v) is 24.1. The summed E-state index contributed by atoms with van der Waals surface area (Å²) < 4.78 is 25.1. The molecule has 0 spiro atoms. The van der Waals surface area contributed by atoms with Crippen LogP contribution in [0.5, 0.6) is 0 Å². The van der Waals surface area contributed by atoms with E-state index in [2.05, 4.69) is 83.6 Å². The standard InChI is InChI=1S/C38H59NO5Si2/c1-28(24-34-27-41-32(5)39-34)18-17-19-30(3)37(40)31(4)36(44-45(9,10)11)25-35(42-26-33-20-15-14-16-21-33)29(2)22-23-43-46(12,13)38(6,7)8/h14-22,24,27,31,35-36H,23,25-26H2,1-13H3/b18-17+,28-24+,29-22+,30-19+/t31-,35-,36+/m0/s1. The Balaban J connectivity index is 2.29. The molecule has 0 fully saturated rings. The highest BCUT2D eigenvalue weighted by Gasteiger charge is 2.37. The monoisotopic (exact) mass is 665 g/mol. The summed E-state index contributed by atoms with van der Waals surface area (Å²) in [6.07, 6.45) is 11.5. The number of rotatable bonds is 17. The van der Waals surface area contributed by atoms with Gasteiger partial charge < -0.3 is 18.0 Å². The van der Waals surface area contributed by atoms with Gasteiger partial charge in [0, 0.05) is 19.3 Å². The molecule has 1 aromatic carbocycles. The molecule has 254 valence electrons. The third kappa shape index (κ3) is 13.6. The maximum absolute atomic E-state index is 13.8. The Kier molecular flexibility index (Phi) is 15.1. The summed E-state index contributed by atoms with van der Waals surface area (Å²) in [6.45, 7) is 28.6. The van der Waals surface area contributed by atoms with Crippen LogP contribution in [0.15, 0.2) is 82.0 Å². The number of allylic oxidation sites excluding steroid dienone is 5. The molecule has 2 rings (SSSR count). The largest absolute Gasteiger partial charge is 0.449 e. The molecule has 0 saturated carbocycles. The summed E-state index contributed by atoms with van der Waals surface area (Å²) in [7, 11) is -3.90. The Labute approximate surface area is 281 Å². The second-order valence-electron chi connectivity index (χ2n) is 14.9. The van der Waals surface area contributed by atoms with Crippen molar-refractivity contribution >= 4 is 28.5 Å². The minimum atomic E-state index is -2.00. The van der Waals surface area contributed by atoms with Crippen molar-refractivity contribution in [1.29, 1.82) is 0 Å². The Hall–Kier alpha value is -2.63. The number of oxazole rings is 1. The molecular formula is C38H59NO5Si2. The van der Waals surface area contributed by atoms with Gasteiger partial charge in [-0.25, -0.2) is 4.98 Å². The highest BCUT2D eigenvalue weighted by Crippen LogP contribution is 2.36. The summed E-state index contributed by atoms with van der Waals surface area (Å²) in [6, 6.07) is 10.2. The van der Waals surface area contributed by atoms with Gasteiger partial charge in [-0.05, 0) is 86.9 Å². The summed E-state index contributed by atoms with van der Waals surface area (Å²) in [5.41, 5.74) is 4.68. The first-order valence-electron chi connectivity index (χ1n) is 16.4. The lowest BCUT2D eigenvalue weighted by molar-refractivity contribution is -0.122. The SMILES string of the molecule is CC(/C=C/C=C(\C)C(=O)[C@@H](C)[C@@H](C[C@H](OCc1ccccc1)/C(C)=C/CO[Si](C)(C)C(C)(C)C)O[Si](C)(C)C)=C\c1coc(C)n1. The van der Waals surface area contributed by atoms with Crippen molar-refractivity contribution in [2.24, 2.45) is 5.92 Å². The van der Waals surface area contributed by atoms with E-state index in [0.29, 0.717) is 31.1 Å². The smallest absolute Gasteiger partial charge is 0.192 e. The van der Waals surface area contributed by atoms with Crippen LogP contribution in [0, 0.1) is 12.8 Å². The van der Waals surface area contributed by atoms with Crippen LogP contribution in [0.25, 0.3) is 6.08 Å². The number of nitrogens with zero attached hydrogens (tertiary/aromatic N) is 1. The fourth-order valence-corrected chi connectivity index (χ4v) is 6.73. The molecule has 46 heavy (non-hydrogen) atoms. The molecule has 1 heterocycles. The maximum Gasteiger partial charge on any atom is 0.192 e. The van der Waals surface area contributed by atoms with Crippen molar-refractivity contribution in [2.45, 2.75) is 118 Å². The fourth-order valence-electron chi connectivity index (χ4n) is 4.59. The zero-order valence-electron chi connectivity index (χ0n) is 30.7. The molecule has 0 saturated heterocycles. The molecule has 0 aliphatic heterocycles. The van der Waals surface area contributed by atoms with E-state index >= 15 is 0 Å². The number of hydrogen-bond acceptors (Lipinski definition) is 6. The third-order valence-electron chi connectivity index (χ3n) is 8.49. The molecule has 0 bridgehead atoms. The number of aromatic nitrogens is 1. The highest BCUT2D eigenvalue weighted by molar-refractivity contribution is 6.74. The average molecular weight is 666 g/mol. The molecule has 0 amide bonds. The molecule has 0 radical (unpaired) electrons. The van der Waals surface area contributed by atoms with Crippen LogP contribution >= 0.6 is 0 Å². The van der Waals surface area contributed by atoms with Crippen LogP contribution in [0.4, 0.5) is 0 Å². The van der Waals surface area contributed by atoms with Gasteiger partial charge in [0.15, 0.2) is 28.3 Å². The van der Waals surface area contributed by atoms with E-state index in [1.54, 1.807) is 6.26 Å². The molecule has 1 aromatic heterocycles. The van der Waals surface area contributed by atoms with Crippen molar-refractivity contribution < 1.29 is 22.8 Å². The third-order valence-corrected chi connectivity index (χ3v) is 14.0. The zero-order valence-corrected chi connectivity index (χ0v) is 32.7. The number of ether oxygens (including phenoxy) is 1. The topological polar surface area (TPSA) is 70.8 Å². The minimum Gasteiger partial charge on any atom is -0.449 e. The van der Waals surface area contributed by atoms with Crippen molar-refractivity contribution in [3.05, 3.63) is 94.8 Å². The first-order chi connectivity index (χ1) is 21.3. The molecule has 0 aliphatic rings. The van der Waals surface area contributed by atoms with Gasteiger partial charge in [0.1, 0.15) is 12.0 Å². The molecule has 0 unspecified atom stereocenters. The lowest BCUT2D eigenvalue weighted by atomic mass is 9.90. The number of hydrogen-bond donors (Lipinski definition) is 0. The van der Waals surface area contributed by atoms with Gasteiger partial charge in [0.25, 0.3) is 0 Å². The predicted octanol–water partition coefficient (Wildman–Crippen LogP) is 10.3. The van der Waals surface area contributed by atoms with Gasteiger partial charge in [-0.1, -0.05) is 82.3 Å². The number of benzene rings is 1. The van der Waals surface area contributed by atoms with Gasteiger partial charge >= 0.3 is 0 Å². The molecule has 0 aliphatic carbocycles. The zero-order chi connectivity index (χ0) is 34.7. The first-order valence-corrected chi connectivity index (χ1v) is 22.7. The van der Waals surface area contributed by atoms with Crippen LogP contribution in [0.3, 0.4) is 0 Å². The Bertz CT molecular complexity index is 1370. The molecule has 0 N–H and O–H groups in total. The molecule has 3 atom stereocenters. The van der Waals surface area contributed by atoms with E-state index in [1.165, 1.54) is 0 Å². The van der Waals surface area contributed by atoms with E-state index < -0.39 is 16.6 Å². The van der Waals surface area contributed by atoms with Crippen molar-refractivity contribution in [1.82, 2.24) is 4.98 Å². The van der Waals surface area contributed by atoms with Gasteiger partial charge in [-0.2, -0.15) is 0 Å². The van der Waals surface area contributed by atoms with Gasteiger partial charge in [-0.3, -0.25) is 4.79 Å². The van der Waals surface area contributed by atoms with E-state index in [-0.39, 0.29) is 28.9 Å². The van der Waals surface area contributed by atoms with Crippen LogP contribution in [0.2, 0.25) is 37.8 Å². The van der Waals surface area contributed by atoms with Crippen LogP contribution in [-0.4, -0.2) is 46.2 Å². The predicted molar refractivity (Wildman–Crippen MR) is 197 cm³/mol. The van der Waals surface area contributed by atoms with E-state index in [9.17, 15) is 4.79 Å². The highest BCUT2D eigenvalue weighted by atomic mass is 28.4. The summed E-state index contributed by atoms with van der Waals surface area (Å²) in [5, 5.41) is 0.135. The van der Waals surface area contributed by atoms with Crippen LogP contribution < -0.4 is 0 Å². The van der Waals surface area contributed by atoms with Crippen LogP contribution in [-0.2, 0) is 25.0 Å². The Morgan fingerprint density at radius 2 is 1.70 bits per heavy atom. The molecule has 8 heteroatoms. The maximum atomic E-state index is 13.8. The number of aryl methyl sites for hydroxylation is 1. The normalized spacial score (nSPS) is 16.2. The van der Waals surface area contributed by atoms with E-state index in [0.717, 1.165) is 22.4 Å². The lowest BCUT2D eigenvalue weighted by Crippen LogP contribution is -2.41. The number of carbonyl (C=O) groups excluding carboxylic acids is 1. The lowest BCUT2D eigenvalue weighted by Gasteiger charge is -2.36. The van der Waals surface area contributed by atoms with Gasteiger partial charge in [0.2, 0.25) is 0 Å². The molecule has 2 aromatic rings. The van der Waals surface area contributed by atoms with Crippen molar-refractivity contribution in [2.75, 3.05) is 6.61 Å². The molecular weight excluding hydrogens is 607 g/mol. The summed E-state index contributed by atoms with van der Waals surface area (Å²) in [4.78, 5) is 18.1. The number of ketones is 1. The number of carbonyl (C=O) groups is 1.